The number of carbonyl (C=O) groups excluding carboxylic acids is 1. The van der Waals surface area contributed by atoms with Crippen molar-refractivity contribution in [2.75, 3.05) is 13.1 Å². The van der Waals surface area contributed by atoms with Crippen LogP contribution in [-0.4, -0.2) is 29.2 Å². The Morgan fingerprint density at radius 2 is 2.44 bits per heavy atom. The zero-order valence-corrected chi connectivity index (χ0v) is 9.92. The molecule has 0 aliphatic heterocycles. The van der Waals surface area contributed by atoms with Gasteiger partial charge in [0.2, 0.25) is 0 Å². The highest BCUT2D eigenvalue weighted by molar-refractivity contribution is 5.94. The van der Waals surface area contributed by atoms with E-state index < -0.39 is 0 Å². The first kappa shape index (κ1) is 12.7. The van der Waals surface area contributed by atoms with Crippen molar-refractivity contribution in [1.82, 2.24) is 15.5 Å². The number of hydrogen-bond donors (Lipinski definition) is 3. The second kappa shape index (κ2) is 6.27. The molecule has 0 spiro atoms. The third kappa shape index (κ3) is 3.34. The summed E-state index contributed by atoms with van der Waals surface area (Å²) in [5, 5.41) is 9.47. The van der Waals surface area contributed by atoms with Gasteiger partial charge in [-0.2, -0.15) is 5.10 Å². The topological polar surface area (TPSA) is 83.8 Å². The molecule has 0 fully saturated rings. The number of aryl methyl sites for hydroxylation is 1. The molecule has 1 unspecified atom stereocenters. The fourth-order valence-corrected chi connectivity index (χ4v) is 1.60. The first-order valence-electron chi connectivity index (χ1n) is 5.67. The average Bonchev–Trinajstić information content (AvgIpc) is 2.70. The molecule has 1 rings (SSSR count). The van der Waals surface area contributed by atoms with Crippen molar-refractivity contribution in [3.63, 3.8) is 0 Å². The van der Waals surface area contributed by atoms with E-state index in [2.05, 4.69) is 22.4 Å². The molecule has 0 aromatic carbocycles. The number of H-pyrrole nitrogens is 1. The Bertz CT molecular complexity index is 334. The summed E-state index contributed by atoms with van der Waals surface area (Å²) >= 11 is 0. The first-order valence-corrected chi connectivity index (χ1v) is 5.67. The van der Waals surface area contributed by atoms with E-state index in [0.717, 1.165) is 18.5 Å². The predicted octanol–water partition coefficient (Wildman–Crippen LogP) is 0.823. The highest BCUT2D eigenvalue weighted by atomic mass is 16.1. The average molecular weight is 224 g/mol. The molecule has 0 aliphatic rings. The summed E-state index contributed by atoms with van der Waals surface area (Å²) in [6.07, 6.45) is 3.53. The molecule has 1 atom stereocenters. The predicted molar refractivity (Wildman–Crippen MR) is 63.1 cm³/mol. The smallest absolute Gasteiger partial charge is 0.254 e. The standard InChI is InChI=1S/C11H20N4O/c1-3-9(4-5-12)6-13-11(16)10-7-14-15-8(10)2/h7,9H,3-6,12H2,1-2H3,(H,13,16)(H,14,15). The minimum Gasteiger partial charge on any atom is -0.352 e. The molecule has 0 bridgehead atoms. The molecule has 0 radical (unpaired) electrons. The van der Waals surface area contributed by atoms with Crippen molar-refractivity contribution < 1.29 is 4.79 Å². The lowest BCUT2D eigenvalue weighted by Gasteiger charge is -2.14. The van der Waals surface area contributed by atoms with Crippen molar-refractivity contribution in [2.24, 2.45) is 11.7 Å². The van der Waals surface area contributed by atoms with Crippen molar-refractivity contribution in [3.8, 4) is 0 Å². The largest absolute Gasteiger partial charge is 0.352 e. The lowest BCUT2D eigenvalue weighted by Crippen LogP contribution is -2.30. The highest BCUT2D eigenvalue weighted by Gasteiger charge is 2.12. The summed E-state index contributed by atoms with van der Waals surface area (Å²) in [7, 11) is 0. The van der Waals surface area contributed by atoms with Gasteiger partial charge in [0.15, 0.2) is 0 Å². The molecule has 1 aromatic heterocycles. The SMILES string of the molecule is CCC(CCN)CNC(=O)c1cn[nH]c1C. The summed E-state index contributed by atoms with van der Waals surface area (Å²) in [5.74, 6) is 0.392. The molecule has 5 nitrogen and oxygen atoms in total. The van der Waals surface area contributed by atoms with Gasteiger partial charge in [0.05, 0.1) is 11.8 Å². The Balaban J connectivity index is 2.43. The van der Waals surface area contributed by atoms with E-state index in [1.165, 1.54) is 0 Å². The van der Waals surface area contributed by atoms with Crippen LogP contribution in [0.25, 0.3) is 0 Å². The summed E-state index contributed by atoms with van der Waals surface area (Å²) in [5.41, 5.74) is 6.91. The molecule has 1 heterocycles. The Morgan fingerprint density at radius 1 is 1.69 bits per heavy atom. The molecule has 1 amide bonds. The fraction of sp³-hybridized carbons (Fsp3) is 0.636. The van der Waals surface area contributed by atoms with Gasteiger partial charge >= 0.3 is 0 Å². The molecule has 4 N–H and O–H groups in total. The Kier molecular flexibility index (Phi) is 4.98. The molecule has 90 valence electrons. The third-order valence-electron chi connectivity index (χ3n) is 2.78. The summed E-state index contributed by atoms with van der Waals surface area (Å²) in [4.78, 5) is 11.7. The quantitative estimate of drug-likeness (QED) is 0.669. The van der Waals surface area contributed by atoms with E-state index in [9.17, 15) is 4.79 Å². The highest BCUT2D eigenvalue weighted by Crippen LogP contribution is 2.07. The van der Waals surface area contributed by atoms with E-state index in [1.54, 1.807) is 6.20 Å². The van der Waals surface area contributed by atoms with Gasteiger partial charge in [0, 0.05) is 12.2 Å². The number of aromatic amines is 1. The number of hydrogen-bond acceptors (Lipinski definition) is 3. The minimum absolute atomic E-state index is 0.0679. The van der Waals surface area contributed by atoms with Gasteiger partial charge in [-0.3, -0.25) is 9.89 Å². The Labute approximate surface area is 95.8 Å². The number of nitrogens with zero attached hydrogens (tertiary/aromatic N) is 1. The molecule has 1 aromatic rings. The van der Waals surface area contributed by atoms with Crippen molar-refractivity contribution in [2.45, 2.75) is 26.7 Å². The maximum Gasteiger partial charge on any atom is 0.254 e. The van der Waals surface area contributed by atoms with E-state index in [-0.39, 0.29) is 5.91 Å². The number of aromatic nitrogens is 2. The van der Waals surface area contributed by atoms with Crippen LogP contribution >= 0.6 is 0 Å². The number of nitrogens with two attached hydrogens (primary N) is 1. The minimum atomic E-state index is -0.0679. The lowest BCUT2D eigenvalue weighted by molar-refractivity contribution is 0.0945. The zero-order valence-electron chi connectivity index (χ0n) is 9.92. The van der Waals surface area contributed by atoms with E-state index in [0.29, 0.717) is 24.6 Å². The molecule has 5 heteroatoms. The molecule has 0 aliphatic carbocycles. The monoisotopic (exact) mass is 224 g/mol. The van der Waals surface area contributed by atoms with Crippen LogP contribution in [-0.2, 0) is 0 Å². The summed E-state index contributed by atoms with van der Waals surface area (Å²) in [6.45, 7) is 5.28. The van der Waals surface area contributed by atoms with Crippen LogP contribution in [0.1, 0.15) is 35.8 Å². The Morgan fingerprint density at radius 3 is 2.94 bits per heavy atom. The number of rotatable bonds is 6. The van der Waals surface area contributed by atoms with Gasteiger partial charge < -0.3 is 11.1 Å². The van der Waals surface area contributed by atoms with Crippen LogP contribution in [0.4, 0.5) is 0 Å². The van der Waals surface area contributed by atoms with Gasteiger partial charge in [-0.05, 0) is 25.8 Å². The van der Waals surface area contributed by atoms with Crippen LogP contribution in [0.3, 0.4) is 0 Å². The van der Waals surface area contributed by atoms with E-state index in [1.807, 2.05) is 6.92 Å². The molecular formula is C11H20N4O. The van der Waals surface area contributed by atoms with Crippen molar-refractivity contribution >= 4 is 5.91 Å². The third-order valence-corrected chi connectivity index (χ3v) is 2.78. The number of carbonyl (C=O) groups is 1. The van der Waals surface area contributed by atoms with Gasteiger partial charge in [-0.25, -0.2) is 0 Å². The second-order valence-corrected chi connectivity index (χ2v) is 3.97. The van der Waals surface area contributed by atoms with Crippen LogP contribution in [0.15, 0.2) is 6.20 Å². The summed E-state index contributed by atoms with van der Waals surface area (Å²) in [6, 6.07) is 0. The van der Waals surface area contributed by atoms with Crippen LogP contribution in [0.2, 0.25) is 0 Å². The van der Waals surface area contributed by atoms with Crippen LogP contribution in [0, 0.1) is 12.8 Å². The molecular weight excluding hydrogens is 204 g/mol. The van der Waals surface area contributed by atoms with Gasteiger partial charge in [-0.15, -0.1) is 0 Å². The molecule has 0 saturated carbocycles. The van der Waals surface area contributed by atoms with Crippen LogP contribution in [0.5, 0.6) is 0 Å². The van der Waals surface area contributed by atoms with E-state index >= 15 is 0 Å². The van der Waals surface area contributed by atoms with Crippen molar-refractivity contribution in [3.05, 3.63) is 17.5 Å². The zero-order chi connectivity index (χ0) is 12.0. The van der Waals surface area contributed by atoms with Gasteiger partial charge in [0.1, 0.15) is 0 Å². The molecule has 0 saturated heterocycles. The van der Waals surface area contributed by atoms with Gasteiger partial charge in [0.25, 0.3) is 5.91 Å². The Hall–Kier alpha value is -1.36. The van der Waals surface area contributed by atoms with Crippen molar-refractivity contribution in [1.29, 1.82) is 0 Å². The maximum absolute atomic E-state index is 11.7. The first-order chi connectivity index (χ1) is 7.69. The van der Waals surface area contributed by atoms with Crippen LogP contribution < -0.4 is 11.1 Å². The second-order valence-electron chi connectivity index (χ2n) is 3.97. The molecule has 16 heavy (non-hydrogen) atoms. The normalized spacial score (nSPS) is 12.4. The number of nitrogens with one attached hydrogen (secondary N) is 2. The summed E-state index contributed by atoms with van der Waals surface area (Å²) < 4.78 is 0. The fourth-order valence-electron chi connectivity index (χ4n) is 1.60. The lowest BCUT2D eigenvalue weighted by atomic mass is 10.0. The van der Waals surface area contributed by atoms with Gasteiger partial charge in [-0.1, -0.05) is 13.3 Å². The maximum atomic E-state index is 11.7. The number of amides is 1. The van der Waals surface area contributed by atoms with E-state index in [4.69, 9.17) is 5.73 Å².